The molecular formula is C7H11NOS. The molecule has 0 saturated heterocycles. The maximum Gasteiger partial charge on any atom is 0.0325 e. The molecular weight excluding hydrogens is 146 g/mol. The summed E-state index contributed by atoms with van der Waals surface area (Å²) in [6.07, 6.45) is 0. The van der Waals surface area contributed by atoms with Gasteiger partial charge in [-0.25, -0.2) is 0 Å². The fourth-order valence-electron chi connectivity index (χ4n) is 0.525. The summed E-state index contributed by atoms with van der Waals surface area (Å²) in [6, 6.07) is 7.40. The van der Waals surface area contributed by atoms with Crippen molar-refractivity contribution in [1.82, 2.24) is 0 Å². The van der Waals surface area contributed by atoms with Crippen molar-refractivity contribution in [3.8, 4) is 0 Å². The van der Waals surface area contributed by atoms with Crippen molar-refractivity contribution in [2.24, 2.45) is 0 Å². The molecule has 1 aromatic carbocycles. The maximum absolute atomic E-state index is 7.00. The first kappa shape index (κ1) is 9.33. The number of aliphatic hydroxyl groups excluding tert-OH is 1. The first-order valence-electron chi connectivity index (χ1n) is 2.78. The molecule has 0 unspecified atom stereocenters. The Morgan fingerprint density at radius 1 is 1.40 bits per heavy atom. The Morgan fingerprint density at radius 3 is 2.30 bits per heavy atom. The number of anilines is 1. The van der Waals surface area contributed by atoms with Gasteiger partial charge in [-0.2, -0.15) is 0 Å². The van der Waals surface area contributed by atoms with Gasteiger partial charge in [0.25, 0.3) is 0 Å². The second kappa shape index (κ2) is 5.14. The van der Waals surface area contributed by atoms with Gasteiger partial charge < -0.3 is 10.8 Å². The molecule has 0 aliphatic rings. The molecule has 0 amide bonds. The molecule has 3 N–H and O–H groups in total. The number of hydrogen-bond donors (Lipinski definition) is 3. The smallest absolute Gasteiger partial charge is 0.0325 e. The molecule has 0 fully saturated rings. The van der Waals surface area contributed by atoms with E-state index in [1.165, 1.54) is 0 Å². The monoisotopic (exact) mass is 157 g/mol. The third kappa shape index (κ3) is 3.37. The molecule has 56 valence electrons. The number of hydrogen-bond acceptors (Lipinski definition) is 3. The highest BCUT2D eigenvalue weighted by Gasteiger charge is 1.82. The summed E-state index contributed by atoms with van der Waals surface area (Å²) in [7, 11) is 1.00. The summed E-state index contributed by atoms with van der Waals surface area (Å²) in [4.78, 5) is 0.907. The summed E-state index contributed by atoms with van der Waals surface area (Å²) < 4.78 is 0. The normalized spacial score (nSPS) is 7.90. The summed E-state index contributed by atoms with van der Waals surface area (Å²) in [5, 5.41) is 7.00. The van der Waals surface area contributed by atoms with Crippen LogP contribution in [0.25, 0.3) is 0 Å². The summed E-state index contributed by atoms with van der Waals surface area (Å²) >= 11 is 4.07. The third-order valence-corrected chi connectivity index (χ3v) is 1.15. The van der Waals surface area contributed by atoms with E-state index in [0.29, 0.717) is 0 Å². The molecule has 0 bridgehead atoms. The summed E-state index contributed by atoms with van der Waals surface area (Å²) in [6.45, 7) is 0. The van der Waals surface area contributed by atoms with Crippen LogP contribution in [0, 0.1) is 0 Å². The van der Waals surface area contributed by atoms with Crippen LogP contribution in [-0.4, -0.2) is 12.2 Å². The van der Waals surface area contributed by atoms with Gasteiger partial charge in [0.2, 0.25) is 0 Å². The lowest BCUT2D eigenvalue weighted by Gasteiger charge is -1.90. The minimum atomic E-state index is 0.762. The van der Waals surface area contributed by atoms with Crippen molar-refractivity contribution >= 4 is 18.3 Å². The van der Waals surface area contributed by atoms with Gasteiger partial charge in [-0.1, -0.05) is 6.07 Å². The van der Waals surface area contributed by atoms with Crippen molar-refractivity contribution in [1.29, 1.82) is 0 Å². The van der Waals surface area contributed by atoms with E-state index in [9.17, 15) is 0 Å². The van der Waals surface area contributed by atoms with E-state index >= 15 is 0 Å². The van der Waals surface area contributed by atoms with E-state index in [0.717, 1.165) is 17.7 Å². The second-order valence-electron chi connectivity index (χ2n) is 1.59. The molecule has 0 aliphatic carbocycles. The summed E-state index contributed by atoms with van der Waals surface area (Å²) in [5.74, 6) is 0. The Labute approximate surface area is 66.1 Å². The topological polar surface area (TPSA) is 46.2 Å². The molecule has 3 heteroatoms. The van der Waals surface area contributed by atoms with Gasteiger partial charge in [0.1, 0.15) is 0 Å². The van der Waals surface area contributed by atoms with Crippen molar-refractivity contribution in [2.75, 3.05) is 12.8 Å². The van der Waals surface area contributed by atoms with Crippen LogP contribution in [0.4, 0.5) is 5.69 Å². The molecule has 10 heavy (non-hydrogen) atoms. The molecule has 0 radical (unpaired) electrons. The third-order valence-electron chi connectivity index (χ3n) is 0.870. The Morgan fingerprint density at radius 2 is 2.00 bits per heavy atom. The van der Waals surface area contributed by atoms with E-state index < -0.39 is 0 Å². The van der Waals surface area contributed by atoms with Gasteiger partial charge in [-0.3, -0.25) is 0 Å². The molecule has 1 aromatic rings. The molecule has 2 nitrogen and oxygen atoms in total. The Kier molecular flexibility index (Phi) is 4.80. The standard InChI is InChI=1S/C6H7NS.CH4O/c7-5-2-1-3-6(8)4-5;1-2/h1-4,8H,7H2;2H,1H3. The number of thiol groups is 1. The van der Waals surface area contributed by atoms with Crippen LogP contribution in [0.5, 0.6) is 0 Å². The molecule has 0 aromatic heterocycles. The molecule has 0 heterocycles. The zero-order chi connectivity index (χ0) is 7.98. The van der Waals surface area contributed by atoms with Crippen LogP contribution in [-0.2, 0) is 0 Å². The number of aliphatic hydroxyl groups is 1. The van der Waals surface area contributed by atoms with Gasteiger partial charge in [0.05, 0.1) is 0 Å². The van der Waals surface area contributed by atoms with Gasteiger partial charge in [-0.15, -0.1) is 12.6 Å². The van der Waals surface area contributed by atoms with Gasteiger partial charge in [0.15, 0.2) is 0 Å². The fourth-order valence-corrected chi connectivity index (χ4v) is 0.760. The first-order chi connectivity index (χ1) is 4.79. The number of benzene rings is 1. The first-order valence-corrected chi connectivity index (χ1v) is 3.23. The van der Waals surface area contributed by atoms with E-state index in [1.807, 2.05) is 24.3 Å². The van der Waals surface area contributed by atoms with E-state index in [-0.39, 0.29) is 0 Å². The Bertz CT molecular complexity index is 173. The zero-order valence-electron chi connectivity index (χ0n) is 5.78. The van der Waals surface area contributed by atoms with Crippen LogP contribution in [0.15, 0.2) is 29.2 Å². The van der Waals surface area contributed by atoms with Crippen molar-refractivity contribution in [2.45, 2.75) is 4.90 Å². The van der Waals surface area contributed by atoms with Crippen LogP contribution in [0.1, 0.15) is 0 Å². The van der Waals surface area contributed by atoms with E-state index in [2.05, 4.69) is 12.6 Å². The molecule has 0 aliphatic heterocycles. The largest absolute Gasteiger partial charge is 0.400 e. The quantitative estimate of drug-likeness (QED) is 0.391. The van der Waals surface area contributed by atoms with Crippen LogP contribution in [0.2, 0.25) is 0 Å². The minimum Gasteiger partial charge on any atom is -0.400 e. The predicted octanol–water partition coefficient (Wildman–Crippen LogP) is 1.17. The van der Waals surface area contributed by atoms with Crippen LogP contribution >= 0.6 is 12.6 Å². The summed E-state index contributed by atoms with van der Waals surface area (Å²) in [5.41, 5.74) is 6.17. The van der Waals surface area contributed by atoms with E-state index in [4.69, 9.17) is 10.8 Å². The highest BCUT2D eigenvalue weighted by Crippen LogP contribution is 2.08. The highest BCUT2D eigenvalue weighted by atomic mass is 32.1. The second-order valence-corrected chi connectivity index (χ2v) is 2.11. The van der Waals surface area contributed by atoms with Crippen molar-refractivity contribution in [3.05, 3.63) is 24.3 Å². The van der Waals surface area contributed by atoms with Crippen molar-refractivity contribution < 1.29 is 5.11 Å². The maximum atomic E-state index is 7.00. The molecule has 0 spiro atoms. The van der Waals surface area contributed by atoms with Gasteiger partial charge in [-0.05, 0) is 18.2 Å². The lowest BCUT2D eigenvalue weighted by atomic mass is 10.3. The Balaban J connectivity index is 0.000000371. The van der Waals surface area contributed by atoms with Crippen molar-refractivity contribution in [3.63, 3.8) is 0 Å². The number of nitrogen functional groups attached to an aromatic ring is 1. The number of nitrogens with two attached hydrogens (primary N) is 1. The average Bonchev–Trinajstić information content (AvgIpc) is 1.91. The average molecular weight is 157 g/mol. The minimum absolute atomic E-state index is 0.762. The molecule has 0 saturated carbocycles. The Hall–Kier alpha value is -0.670. The highest BCUT2D eigenvalue weighted by molar-refractivity contribution is 7.80. The van der Waals surface area contributed by atoms with Crippen LogP contribution in [0.3, 0.4) is 0 Å². The zero-order valence-corrected chi connectivity index (χ0v) is 6.68. The molecule has 1 rings (SSSR count). The predicted molar refractivity (Wildman–Crippen MR) is 46.2 cm³/mol. The lowest BCUT2D eigenvalue weighted by Crippen LogP contribution is -1.81. The molecule has 0 atom stereocenters. The number of rotatable bonds is 0. The lowest BCUT2D eigenvalue weighted by molar-refractivity contribution is 0.399. The van der Waals surface area contributed by atoms with Crippen LogP contribution < -0.4 is 5.73 Å². The van der Waals surface area contributed by atoms with Gasteiger partial charge in [0, 0.05) is 17.7 Å². The van der Waals surface area contributed by atoms with E-state index in [1.54, 1.807) is 0 Å². The van der Waals surface area contributed by atoms with Gasteiger partial charge >= 0.3 is 0 Å². The SMILES string of the molecule is CO.Nc1cccc(S)c1. The fraction of sp³-hybridized carbons (Fsp3) is 0.143.